The van der Waals surface area contributed by atoms with Crippen LogP contribution in [0.5, 0.6) is 0 Å². The molecule has 3 N–H and O–H groups in total. The summed E-state index contributed by atoms with van der Waals surface area (Å²) in [6.07, 6.45) is 1.18. The molecule has 0 unspecified atom stereocenters. The van der Waals surface area contributed by atoms with Gasteiger partial charge in [0.05, 0.1) is 17.8 Å². The van der Waals surface area contributed by atoms with E-state index >= 15 is 0 Å². The summed E-state index contributed by atoms with van der Waals surface area (Å²) in [6.45, 7) is 0.672. The number of carbonyl (C=O) groups is 3. The SMILES string of the molecule is O=Cc1ccccc1-c1ccc(C2(O)CCC(N[C@H]3CCN(C(=O)CNC(=O)c4cccc(C(F)(F)F)c4)C3)CC2)nc1. The number of hydrogen-bond acceptors (Lipinski definition) is 6. The van der Waals surface area contributed by atoms with E-state index < -0.39 is 23.2 Å². The number of aldehydes is 1. The van der Waals surface area contributed by atoms with Crippen molar-refractivity contribution in [3.63, 3.8) is 0 Å². The van der Waals surface area contributed by atoms with Crippen molar-refractivity contribution >= 4 is 18.1 Å². The zero-order valence-corrected chi connectivity index (χ0v) is 23.4. The van der Waals surface area contributed by atoms with Gasteiger partial charge in [0.15, 0.2) is 6.29 Å². The number of nitrogens with one attached hydrogen (secondary N) is 2. The topological polar surface area (TPSA) is 112 Å². The minimum atomic E-state index is -4.56. The second kappa shape index (κ2) is 12.6. The van der Waals surface area contributed by atoms with Crippen LogP contribution in [0.4, 0.5) is 13.2 Å². The number of aliphatic hydroxyl groups is 1. The molecular formula is C32H33F3N4O4. The van der Waals surface area contributed by atoms with Gasteiger partial charge in [-0.05, 0) is 61.9 Å². The highest BCUT2D eigenvalue weighted by Crippen LogP contribution is 2.37. The van der Waals surface area contributed by atoms with Crippen molar-refractivity contribution in [3.8, 4) is 11.1 Å². The number of halogens is 3. The lowest BCUT2D eigenvalue weighted by molar-refractivity contribution is -0.137. The van der Waals surface area contributed by atoms with E-state index in [9.17, 15) is 32.7 Å². The van der Waals surface area contributed by atoms with E-state index in [1.807, 2.05) is 24.3 Å². The highest BCUT2D eigenvalue weighted by atomic mass is 19.4. The van der Waals surface area contributed by atoms with Crippen LogP contribution >= 0.6 is 0 Å². The molecule has 5 rings (SSSR count). The highest BCUT2D eigenvalue weighted by Gasteiger charge is 2.37. The van der Waals surface area contributed by atoms with Gasteiger partial charge in [-0.15, -0.1) is 0 Å². The number of aromatic nitrogens is 1. The molecule has 2 aromatic carbocycles. The standard InChI is InChI=1S/C32H33F3N4O4/c33-32(34,35)24-6-3-5-21(16-24)30(42)37-18-29(41)39-15-12-26(19-39)38-25-10-13-31(43,14-11-25)28-9-8-22(17-36-28)27-7-2-1-4-23(27)20-40/h1-9,16-17,20,25-26,38,43H,10-15,18-19H2,(H,37,42)/t25?,26-,31?/m0/s1. The third-order valence-corrected chi connectivity index (χ3v) is 8.32. The minimum Gasteiger partial charge on any atom is -0.384 e. The van der Waals surface area contributed by atoms with Gasteiger partial charge in [-0.3, -0.25) is 19.4 Å². The summed E-state index contributed by atoms with van der Waals surface area (Å²) >= 11 is 0. The summed E-state index contributed by atoms with van der Waals surface area (Å²) in [4.78, 5) is 42.6. The molecule has 3 aromatic rings. The van der Waals surface area contributed by atoms with Crippen molar-refractivity contribution in [3.05, 3.63) is 89.2 Å². The molecule has 2 aliphatic rings. The van der Waals surface area contributed by atoms with E-state index in [0.717, 1.165) is 54.9 Å². The smallest absolute Gasteiger partial charge is 0.384 e. The highest BCUT2D eigenvalue weighted by molar-refractivity contribution is 5.96. The maximum absolute atomic E-state index is 12.9. The number of rotatable bonds is 8. The van der Waals surface area contributed by atoms with Gasteiger partial charge in [0, 0.05) is 48.1 Å². The first-order valence-corrected chi connectivity index (χ1v) is 14.3. The molecule has 1 aromatic heterocycles. The zero-order valence-electron chi connectivity index (χ0n) is 23.4. The van der Waals surface area contributed by atoms with Crippen LogP contribution in [0.2, 0.25) is 0 Å². The first-order chi connectivity index (χ1) is 20.6. The Balaban J connectivity index is 1.08. The van der Waals surface area contributed by atoms with E-state index in [1.54, 1.807) is 23.2 Å². The van der Waals surface area contributed by atoms with Crippen LogP contribution in [0.25, 0.3) is 11.1 Å². The van der Waals surface area contributed by atoms with Crippen LogP contribution in [0, 0.1) is 0 Å². The van der Waals surface area contributed by atoms with Gasteiger partial charge in [0.25, 0.3) is 5.91 Å². The maximum atomic E-state index is 12.9. The van der Waals surface area contributed by atoms with Crippen molar-refractivity contribution in [1.82, 2.24) is 20.5 Å². The largest absolute Gasteiger partial charge is 0.416 e. The Morgan fingerprint density at radius 3 is 2.49 bits per heavy atom. The molecule has 2 fully saturated rings. The molecule has 226 valence electrons. The van der Waals surface area contributed by atoms with E-state index in [2.05, 4.69) is 15.6 Å². The van der Waals surface area contributed by atoms with Crippen LogP contribution in [-0.2, 0) is 16.6 Å². The maximum Gasteiger partial charge on any atom is 0.416 e. The van der Waals surface area contributed by atoms with Crippen LogP contribution in [0.15, 0.2) is 66.9 Å². The lowest BCUT2D eigenvalue weighted by Crippen LogP contribution is -2.46. The Bertz CT molecular complexity index is 1470. The fourth-order valence-corrected chi connectivity index (χ4v) is 5.87. The number of nitrogens with zero attached hydrogens (tertiary/aromatic N) is 2. The van der Waals surface area contributed by atoms with E-state index in [4.69, 9.17) is 0 Å². The molecule has 1 saturated carbocycles. The second-order valence-corrected chi connectivity index (χ2v) is 11.2. The molecule has 1 atom stereocenters. The number of carbonyl (C=O) groups excluding carboxylic acids is 3. The van der Waals surface area contributed by atoms with Crippen LogP contribution < -0.4 is 10.6 Å². The number of alkyl halides is 3. The van der Waals surface area contributed by atoms with E-state index in [-0.39, 0.29) is 30.1 Å². The average Bonchev–Trinajstić information content (AvgIpc) is 3.49. The predicted octanol–water partition coefficient (Wildman–Crippen LogP) is 4.33. The third-order valence-electron chi connectivity index (χ3n) is 8.32. The average molecular weight is 595 g/mol. The number of benzene rings is 2. The van der Waals surface area contributed by atoms with Gasteiger partial charge >= 0.3 is 6.18 Å². The molecule has 1 aliphatic heterocycles. The fourth-order valence-electron chi connectivity index (χ4n) is 5.87. The molecule has 11 heteroatoms. The number of hydrogen-bond donors (Lipinski definition) is 3. The van der Waals surface area contributed by atoms with Crippen molar-refractivity contribution < 1.29 is 32.7 Å². The lowest BCUT2D eigenvalue weighted by atomic mass is 9.79. The van der Waals surface area contributed by atoms with Gasteiger partial charge < -0.3 is 20.6 Å². The summed E-state index contributed by atoms with van der Waals surface area (Å²) in [5, 5.41) is 17.4. The number of likely N-dealkylation sites (tertiary alicyclic amines) is 1. The number of amides is 2. The Labute approximate surface area is 247 Å². The lowest BCUT2D eigenvalue weighted by Gasteiger charge is -2.37. The molecule has 0 spiro atoms. The Morgan fingerprint density at radius 1 is 1.02 bits per heavy atom. The van der Waals surface area contributed by atoms with E-state index in [1.165, 1.54) is 6.07 Å². The quantitative estimate of drug-likeness (QED) is 0.335. The van der Waals surface area contributed by atoms with Gasteiger partial charge in [0.1, 0.15) is 5.60 Å². The Morgan fingerprint density at radius 2 is 1.79 bits per heavy atom. The summed E-state index contributed by atoms with van der Waals surface area (Å²) < 4.78 is 38.8. The monoisotopic (exact) mass is 594 g/mol. The zero-order chi connectivity index (χ0) is 30.6. The molecule has 2 heterocycles. The van der Waals surface area contributed by atoms with Crippen molar-refractivity contribution in [1.29, 1.82) is 0 Å². The van der Waals surface area contributed by atoms with Crippen LogP contribution in [-0.4, -0.2) is 64.8 Å². The Kier molecular flexibility index (Phi) is 8.93. The molecule has 2 amide bonds. The minimum absolute atomic E-state index is 0.0645. The Hall–Kier alpha value is -4.09. The van der Waals surface area contributed by atoms with Crippen molar-refractivity contribution in [2.24, 2.45) is 0 Å². The molecule has 0 radical (unpaired) electrons. The molecule has 1 aliphatic carbocycles. The van der Waals surface area contributed by atoms with Gasteiger partial charge in [-0.1, -0.05) is 36.4 Å². The molecule has 43 heavy (non-hydrogen) atoms. The summed E-state index contributed by atoms with van der Waals surface area (Å²) in [7, 11) is 0. The van der Waals surface area contributed by atoms with Gasteiger partial charge in [0.2, 0.25) is 5.91 Å². The first-order valence-electron chi connectivity index (χ1n) is 14.3. The first kappa shape index (κ1) is 30.4. The van der Waals surface area contributed by atoms with Crippen LogP contribution in [0.3, 0.4) is 0 Å². The van der Waals surface area contributed by atoms with E-state index in [0.29, 0.717) is 37.2 Å². The van der Waals surface area contributed by atoms with Gasteiger partial charge in [-0.25, -0.2) is 0 Å². The summed E-state index contributed by atoms with van der Waals surface area (Å²) in [5.74, 6) is -1.04. The second-order valence-electron chi connectivity index (χ2n) is 11.2. The van der Waals surface area contributed by atoms with Crippen LogP contribution in [0.1, 0.15) is 64.1 Å². The molecule has 1 saturated heterocycles. The molecular weight excluding hydrogens is 561 g/mol. The normalized spacial score (nSPS) is 22.3. The van der Waals surface area contributed by atoms with Crippen molar-refractivity contribution in [2.75, 3.05) is 19.6 Å². The summed E-state index contributed by atoms with van der Waals surface area (Å²) in [5.41, 5.74) is 0.649. The predicted molar refractivity (Wildman–Crippen MR) is 153 cm³/mol. The molecule has 0 bridgehead atoms. The summed E-state index contributed by atoms with van der Waals surface area (Å²) in [6, 6.07) is 15.3. The fraction of sp³-hybridized carbons (Fsp3) is 0.375. The van der Waals surface area contributed by atoms with Crippen molar-refractivity contribution in [2.45, 2.75) is 56.0 Å². The molecule has 8 nitrogen and oxygen atoms in total. The number of pyridine rings is 1. The van der Waals surface area contributed by atoms with Gasteiger partial charge in [-0.2, -0.15) is 13.2 Å². The third kappa shape index (κ3) is 7.11.